The molecule has 1 heterocycles. The van der Waals surface area contributed by atoms with Gasteiger partial charge in [-0.25, -0.2) is 4.79 Å². The standard InChI is InChI=1S/C16H28N2O/c1-11-5-3-4-8-18(11)16(19)17-12(2)15-10-13-6-7-14(15)9-13/h11-15H,3-10H2,1-2H3,(H,17,19). The number of hydrogen-bond donors (Lipinski definition) is 1. The van der Waals surface area contributed by atoms with Crippen LogP contribution in [0.15, 0.2) is 0 Å². The molecule has 3 aliphatic rings. The van der Waals surface area contributed by atoms with Crippen molar-refractivity contribution < 1.29 is 4.79 Å². The Hall–Kier alpha value is -0.730. The number of urea groups is 1. The second-order valence-electron chi connectivity index (χ2n) is 7.12. The zero-order chi connectivity index (χ0) is 13.4. The molecule has 3 heteroatoms. The molecule has 3 rings (SSSR count). The Morgan fingerprint density at radius 1 is 1.21 bits per heavy atom. The summed E-state index contributed by atoms with van der Waals surface area (Å²) in [7, 11) is 0. The molecule has 5 atom stereocenters. The summed E-state index contributed by atoms with van der Waals surface area (Å²) in [5, 5.41) is 3.29. The van der Waals surface area contributed by atoms with E-state index < -0.39 is 0 Å². The molecule has 1 aliphatic heterocycles. The molecule has 1 N–H and O–H groups in total. The van der Waals surface area contributed by atoms with Crippen LogP contribution in [0.25, 0.3) is 0 Å². The molecule has 2 saturated carbocycles. The Labute approximate surface area is 117 Å². The molecule has 0 aromatic rings. The largest absolute Gasteiger partial charge is 0.335 e. The van der Waals surface area contributed by atoms with Gasteiger partial charge in [0.2, 0.25) is 0 Å². The van der Waals surface area contributed by atoms with E-state index in [0.717, 1.165) is 30.7 Å². The molecule has 0 spiro atoms. The highest BCUT2D eigenvalue weighted by Gasteiger charge is 2.42. The normalized spacial score (nSPS) is 39.4. The molecule has 0 radical (unpaired) electrons. The van der Waals surface area contributed by atoms with Gasteiger partial charge in [0.1, 0.15) is 0 Å². The van der Waals surface area contributed by atoms with Gasteiger partial charge in [0.05, 0.1) is 0 Å². The first-order chi connectivity index (χ1) is 9.15. The third kappa shape index (κ3) is 2.61. The summed E-state index contributed by atoms with van der Waals surface area (Å²) in [4.78, 5) is 14.4. The molecule has 3 fully saturated rings. The maximum Gasteiger partial charge on any atom is 0.317 e. The van der Waals surface area contributed by atoms with Crippen LogP contribution < -0.4 is 5.32 Å². The van der Waals surface area contributed by atoms with Gasteiger partial charge in [0, 0.05) is 18.6 Å². The van der Waals surface area contributed by atoms with E-state index in [4.69, 9.17) is 0 Å². The minimum Gasteiger partial charge on any atom is -0.335 e. The monoisotopic (exact) mass is 264 g/mol. The topological polar surface area (TPSA) is 32.3 Å². The van der Waals surface area contributed by atoms with Crippen LogP contribution in [-0.2, 0) is 0 Å². The lowest BCUT2D eigenvalue weighted by Gasteiger charge is -2.36. The molecule has 1 saturated heterocycles. The van der Waals surface area contributed by atoms with Gasteiger partial charge in [-0.3, -0.25) is 0 Å². The molecular formula is C16H28N2O. The number of carbonyl (C=O) groups is 1. The second-order valence-corrected chi connectivity index (χ2v) is 7.12. The van der Waals surface area contributed by atoms with Crippen molar-refractivity contribution in [2.45, 2.75) is 70.9 Å². The summed E-state index contributed by atoms with van der Waals surface area (Å²) >= 11 is 0. The minimum absolute atomic E-state index is 0.183. The van der Waals surface area contributed by atoms with Crippen molar-refractivity contribution in [2.75, 3.05) is 6.54 Å². The second kappa shape index (κ2) is 5.34. The van der Waals surface area contributed by atoms with Crippen molar-refractivity contribution in [3.05, 3.63) is 0 Å². The number of fused-ring (bicyclic) bond motifs is 2. The van der Waals surface area contributed by atoms with Crippen LogP contribution in [0.5, 0.6) is 0 Å². The van der Waals surface area contributed by atoms with Crippen LogP contribution in [0.4, 0.5) is 4.79 Å². The first-order valence-corrected chi connectivity index (χ1v) is 8.22. The van der Waals surface area contributed by atoms with E-state index in [0.29, 0.717) is 12.1 Å². The van der Waals surface area contributed by atoms with Crippen molar-refractivity contribution in [3.8, 4) is 0 Å². The number of nitrogens with one attached hydrogen (secondary N) is 1. The van der Waals surface area contributed by atoms with Gasteiger partial charge in [-0.2, -0.15) is 0 Å². The summed E-state index contributed by atoms with van der Waals surface area (Å²) in [5.74, 6) is 2.59. The molecule has 19 heavy (non-hydrogen) atoms. The van der Waals surface area contributed by atoms with E-state index in [9.17, 15) is 4.79 Å². The van der Waals surface area contributed by atoms with E-state index in [1.807, 2.05) is 4.90 Å². The zero-order valence-corrected chi connectivity index (χ0v) is 12.4. The van der Waals surface area contributed by atoms with Crippen molar-refractivity contribution in [2.24, 2.45) is 17.8 Å². The number of carbonyl (C=O) groups excluding carboxylic acids is 1. The Balaban J connectivity index is 1.54. The van der Waals surface area contributed by atoms with Crippen LogP contribution >= 0.6 is 0 Å². The highest BCUT2D eigenvalue weighted by Crippen LogP contribution is 2.49. The van der Waals surface area contributed by atoms with Crippen LogP contribution in [0, 0.1) is 17.8 Å². The fourth-order valence-electron chi connectivity index (χ4n) is 4.69. The van der Waals surface area contributed by atoms with Crippen molar-refractivity contribution >= 4 is 6.03 Å². The van der Waals surface area contributed by atoms with Crippen molar-refractivity contribution in [1.82, 2.24) is 10.2 Å². The number of amides is 2. The Bertz CT molecular complexity index is 344. The quantitative estimate of drug-likeness (QED) is 0.814. The van der Waals surface area contributed by atoms with E-state index in [-0.39, 0.29) is 6.03 Å². The molecule has 0 aromatic heterocycles. The average Bonchev–Trinajstić information content (AvgIpc) is 3.01. The Morgan fingerprint density at radius 3 is 2.68 bits per heavy atom. The fourth-order valence-corrected chi connectivity index (χ4v) is 4.69. The summed E-state index contributed by atoms with van der Waals surface area (Å²) in [6.45, 7) is 5.34. The van der Waals surface area contributed by atoms with Gasteiger partial charge in [-0.05, 0) is 70.1 Å². The Kier molecular flexibility index (Phi) is 3.72. The number of nitrogens with zero attached hydrogens (tertiary/aromatic N) is 1. The first kappa shape index (κ1) is 13.3. The number of likely N-dealkylation sites (tertiary alicyclic amines) is 1. The molecule has 3 nitrogen and oxygen atoms in total. The summed E-state index contributed by atoms with van der Waals surface area (Å²) in [6.07, 6.45) is 9.20. The highest BCUT2D eigenvalue weighted by molar-refractivity contribution is 5.75. The molecule has 5 unspecified atom stereocenters. The summed E-state index contributed by atoms with van der Waals surface area (Å²) in [5.41, 5.74) is 0. The molecule has 2 aliphatic carbocycles. The summed E-state index contributed by atoms with van der Waals surface area (Å²) in [6, 6.07) is 0.959. The molecule has 2 amide bonds. The van der Waals surface area contributed by atoms with Gasteiger partial charge >= 0.3 is 6.03 Å². The number of rotatable bonds is 2. The fraction of sp³-hybridized carbons (Fsp3) is 0.938. The average molecular weight is 264 g/mol. The van der Waals surface area contributed by atoms with Crippen molar-refractivity contribution in [1.29, 1.82) is 0 Å². The smallest absolute Gasteiger partial charge is 0.317 e. The zero-order valence-electron chi connectivity index (χ0n) is 12.4. The maximum absolute atomic E-state index is 12.4. The number of hydrogen-bond acceptors (Lipinski definition) is 1. The predicted octanol–water partition coefficient (Wildman–Crippen LogP) is 3.40. The van der Waals surface area contributed by atoms with Crippen LogP contribution in [0.2, 0.25) is 0 Å². The SMILES string of the molecule is CC(NC(=O)N1CCCCC1C)C1CC2CCC1C2. The van der Waals surface area contributed by atoms with Gasteiger partial charge in [-0.15, -0.1) is 0 Å². The molecule has 0 aromatic carbocycles. The van der Waals surface area contributed by atoms with Gasteiger partial charge in [0.15, 0.2) is 0 Å². The lowest BCUT2D eigenvalue weighted by atomic mass is 9.84. The van der Waals surface area contributed by atoms with E-state index in [2.05, 4.69) is 19.2 Å². The minimum atomic E-state index is 0.183. The molecular weight excluding hydrogens is 236 g/mol. The van der Waals surface area contributed by atoms with Gasteiger partial charge in [0.25, 0.3) is 0 Å². The van der Waals surface area contributed by atoms with E-state index in [1.54, 1.807) is 0 Å². The lowest BCUT2D eigenvalue weighted by molar-refractivity contribution is 0.148. The third-order valence-corrected chi connectivity index (χ3v) is 5.85. The third-order valence-electron chi connectivity index (χ3n) is 5.85. The first-order valence-electron chi connectivity index (χ1n) is 8.22. The maximum atomic E-state index is 12.4. The molecule has 108 valence electrons. The Morgan fingerprint density at radius 2 is 2.05 bits per heavy atom. The van der Waals surface area contributed by atoms with Crippen LogP contribution in [0.3, 0.4) is 0 Å². The van der Waals surface area contributed by atoms with Crippen molar-refractivity contribution in [3.63, 3.8) is 0 Å². The van der Waals surface area contributed by atoms with Gasteiger partial charge < -0.3 is 10.2 Å². The van der Waals surface area contributed by atoms with Crippen LogP contribution in [-0.4, -0.2) is 29.6 Å². The van der Waals surface area contributed by atoms with Crippen LogP contribution in [0.1, 0.15) is 58.8 Å². The highest BCUT2D eigenvalue weighted by atomic mass is 16.2. The summed E-state index contributed by atoms with van der Waals surface area (Å²) < 4.78 is 0. The van der Waals surface area contributed by atoms with Gasteiger partial charge in [-0.1, -0.05) is 6.42 Å². The van der Waals surface area contributed by atoms with E-state index in [1.165, 1.54) is 38.5 Å². The number of piperidine rings is 1. The molecule has 2 bridgehead atoms. The lowest BCUT2D eigenvalue weighted by Crippen LogP contribution is -2.51. The van der Waals surface area contributed by atoms with E-state index >= 15 is 0 Å². The predicted molar refractivity (Wildman–Crippen MR) is 77.0 cm³/mol.